The second-order valence-corrected chi connectivity index (χ2v) is 17.1. The molecule has 0 aromatic carbocycles. The van der Waals surface area contributed by atoms with E-state index < -0.39 is 0 Å². The highest BCUT2D eigenvalue weighted by molar-refractivity contribution is 7.12. The van der Waals surface area contributed by atoms with Crippen LogP contribution in [0.25, 0.3) is 0 Å². The molecule has 4 saturated carbocycles. The number of aliphatic hydroxyl groups excluding tert-OH is 1. The van der Waals surface area contributed by atoms with E-state index in [-0.39, 0.29) is 39.2 Å². The first-order chi connectivity index (χ1) is 17.7. The van der Waals surface area contributed by atoms with Crippen molar-refractivity contribution in [3.63, 3.8) is 0 Å². The van der Waals surface area contributed by atoms with Gasteiger partial charge in [0.25, 0.3) is 5.91 Å². The monoisotopic (exact) mass is 537 g/mol. The van der Waals surface area contributed by atoms with Crippen molar-refractivity contribution >= 4 is 17.2 Å². The van der Waals surface area contributed by atoms with Crippen LogP contribution in [0, 0.1) is 44.8 Å². The molecule has 8 unspecified atom stereocenters. The molecule has 1 aromatic rings. The molecule has 5 aliphatic carbocycles. The van der Waals surface area contributed by atoms with Crippen molar-refractivity contribution in [1.29, 1.82) is 0 Å². The first-order valence-corrected chi connectivity index (χ1v) is 16.3. The molecule has 0 saturated heterocycles. The summed E-state index contributed by atoms with van der Waals surface area (Å²) in [7, 11) is 0. The van der Waals surface area contributed by atoms with E-state index in [1.807, 2.05) is 17.5 Å². The molecule has 4 heteroatoms. The molecule has 1 amide bonds. The standard InChI is InChI=1S/C34H51NO2S/c1-29(2)16-18-34(35-28(37)24-9-8-20-38-24)19-17-32(6)22(23(34)21-29)10-11-26-31(5)14-13-27(36)30(3,4)25(31)12-15-33(26,32)7/h8-10,20,23,25-27,36H,11-19,21H2,1-7H3,(H,35,37). The molecule has 0 bridgehead atoms. The number of rotatable bonds is 2. The van der Waals surface area contributed by atoms with Gasteiger partial charge in [0.1, 0.15) is 0 Å². The number of carbonyl (C=O) groups excluding carboxylic acids is 1. The summed E-state index contributed by atoms with van der Waals surface area (Å²) in [4.78, 5) is 14.3. The Bertz CT molecular complexity index is 1140. The molecule has 0 radical (unpaired) electrons. The quantitative estimate of drug-likeness (QED) is 0.372. The van der Waals surface area contributed by atoms with E-state index in [1.165, 1.54) is 32.1 Å². The Hall–Kier alpha value is -1.13. The van der Waals surface area contributed by atoms with Crippen molar-refractivity contribution in [1.82, 2.24) is 5.32 Å². The molecule has 38 heavy (non-hydrogen) atoms. The van der Waals surface area contributed by atoms with E-state index >= 15 is 0 Å². The van der Waals surface area contributed by atoms with Crippen LogP contribution in [0.15, 0.2) is 29.2 Å². The van der Waals surface area contributed by atoms with Gasteiger partial charge in [0.2, 0.25) is 0 Å². The molecule has 5 aliphatic rings. The topological polar surface area (TPSA) is 49.3 Å². The van der Waals surface area contributed by atoms with Gasteiger partial charge in [-0.3, -0.25) is 4.79 Å². The third-order valence-corrected chi connectivity index (χ3v) is 14.6. The summed E-state index contributed by atoms with van der Waals surface area (Å²) in [5, 5.41) is 16.7. The van der Waals surface area contributed by atoms with Crippen molar-refractivity contribution in [3.8, 4) is 0 Å². The van der Waals surface area contributed by atoms with E-state index in [0.29, 0.717) is 23.2 Å². The number of nitrogens with one attached hydrogen (secondary N) is 1. The van der Waals surface area contributed by atoms with Crippen molar-refractivity contribution in [2.75, 3.05) is 0 Å². The first-order valence-electron chi connectivity index (χ1n) is 15.4. The molecule has 8 atom stereocenters. The number of hydrogen-bond donors (Lipinski definition) is 2. The molecule has 1 heterocycles. The minimum Gasteiger partial charge on any atom is -0.393 e. The highest BCUT2D eigenvalue weighted by Crippen LogP contribution is 2.74. The predicted octanol–water partition coefficient (Wildman–Crippen LogP) is 8.39. The zero-order valence-electron chi connectivity index (χ0n) is 25.0. The Morgan fingerprint density at radius 3 is 2.39 bits per heavy atom. The average molecular weight is 538 g/mol. The van der Waals surface area contributed by atoms with Crippen LogP contribution in [0.3, 0.4) is 0 Å². The summed E-state index contributed by atoms with van der Waals surface area (Å²) in [6.45, 7) is 17.4. The van der Waals surface area contributed by atoms with Gasteiger partial charge in [0, 0.05) is 11.5 Å². The van der Waals surface area contributed by atoms with Crippen molar-refractivity contribution in [3.05, 3.63) is 34.0 Å². The lowest BCUT2D eigenvalue weighted by Crippen LogP contribution is -2.67. The Kier molecular flexibility index (Phi) is 6.01. The smallest absolute Gasteiger partial charge is 0.261 e. The summed E-state index contributed by atoms with van der Waals surface area (Å²) in [6.07, 6.45) is 13.9. The Balaban J connectivity index is 1.40. The highest BCUT2D eigenvalue weighted by Gasteiger charge is 2.68. The van der Waals surface area contributed by atoms with E-state index in [4.69, 9.17) is 0 Å². The van der Waals surface area contributed by atoms with E-state index in [0.717, 1.165) is 37.0 Å². The lowest BCUT2D eigenvalue weighted by molar-refractivity contribution is -0.201. The lowest BCUT2D eigenvalue weighted by atomic mass is 9.34. The zero-order valence-corrected chi connectivity index (χ0v) is 25.8. The maximum atomic E-state index is 13.5. The molecule has 1 aromatic heterocycles. The van der Waals surface area contributed by atoms with Gasteiger partial charge in [-0.25, -0.2) is 0 Å². The Morgan fingerprint density at radius 2 is 1.68 bits per heavy atom. The van der Waals surface area contributed by atoms with Crippen LogP contribution in [-0.4, -0.2) is 22.7 Å². The molecule has 3 nitrogen and oxygen atoms in total. The largest absolute Gasteiger partial charge is 0.393 e. The van der Waals surface area contributed by atoms with E-state index in [2.05, 4.69) is 59.9 Å². The summed E-state index contributed by atoms with van der Waals surface area (Å²) in [5.41, 5.74) is 2.54. The van der Waals surface area contributed by atoms with Crippen LogP contribution >= 0.6 is 11.3 Å². The van der Waals surface area contributed by atoms with Gasteiger partial charge in [-0.15, -0.1) is 11.3 Å². The van der Waals surface area contributed by atoms with Gasteiger partial charge < -0.3 is 10.4 Å². The number of hydrogen-bond acceptors (Lipinski definition) is 3. The third kappa shape index (κ3) is 3.57. The number of amides is 1. The van der Waals surface area contributed by atoms with E-state index in [9.17, 15) is 9.90 Å². The number of allylic oxidation sites excluding steroid dienone is 1. The number of fused-ring (bicyclic) bond motifs is 7. The fraction of sp³-hybridized carbons (Fsp3) is 0.794. The Labute approximate surface area is 235 Å². The molecular formula is C34H51NO2S. The fourth-order valence-corrected chi connectivity index (χ4v) is 11.8. The second kappa shape index (κ2) is 8.44. The normalized spacial score (nSPS) is 47.0. The van der Waals surface area contributed by atoms with Gasteiger partial charge in [-0.05, 0) is 115 Å². The molecular weight excluding hydrogens is 486 g/mol. The van der Waals surface area contributed by atoms with Gasteiger partial charge in [-0.1, -0.05) is 66.2 Å². The molecule has 210 valence electrons. The van der Waals surface area contributed by atoms with Gasteiger partial charge in [0.15, 0.2) is 0 Å². The molecule has 2 N–H and O–H groups in total. The molecule has 6 rings (SSSR count). The van der Waals surface area contributed by atoms with Crippen LogP contribution in [0.5, 0.6) is 0 Å². The van der Waals surface area contributed by atoms with E-state index in [1.54, 1.807) is 16.9 Å². The van der Waals surface area contributed by atoms with Crippen molar-refractivity contribution < 1.29 is 9.90 Å². The summed E-state index contributed by atoms with van der Waals surface area (Å²) in [5.74, 6) is 1.78. The van der Waals surface area contributed by atoms with Crippen LogP contribution in [0.4, 0.5) is 0 Å². The minimum atomic E-state index is -0.179. The molecule has 0 aliphatic heterocycles. The SMILES string of the molecule is CC1(C)CCC2(NC(=O)c3cccs3)CCC3(C)C(=CCC4C5(C)CCC(O)C(C)(C)C5CCC43C)C2C1. The summed E-state index contributed by atoms with van der Waals surface area (Å²) < 4.78 is 0. The molecule has 4 fully saturated rings. The first kappa shape index (κ1) is 27.1. The third-order valence-electron chi connectivity index (χ3n) is 13.7. The zero-order chi connectivity index (χ0) is 27.4. The fourth-order valence-electron chi connectivity index (χ4n) is 11.2. The van der Waals surface area contributed by atoms with Gasteiger partial charge >= 0.3 is 0 Å². The summed E-state index contributed by atoms with van der Waals surface area (Å²) in [6, 6.07) is 3.96. The van der Waals surface area contributed by atoms with Gasteiger partial charge in [-0.2, -0.15) is 0 Å². The van der Waals surface area contributed by atoms with Gasteiger partial charge in [0.05, 0.1) is 11.0 Å². The number of carbonyl (C=O) groups is 1. The summed E-state index contributed by atoms with van der Waals surface area (Å²) >= 11 is 1.56. The predicted molar refractivity (Wildman–Crippen MR) is 157 cm³/mol. The lowest BCUT2D eigenvalue weighted by Gasteiger charge is -2.71. The second-order valence-electron chi connectivity index (χ2n) is 16.2. The number of aliphatic hydroxyl groups is 1. The molecule has 0 spiro atoms. The maximum absolute atomic E-state index is 13.5. The van der Waals surface area contributed by atoms with Crippen LogP contribution in [0.1, 0.15) is 122 Å². The minimum absolute atomic E-state index is 0.0135. The van der Waals surface area contributed by atoms with Crippen molar-refractivity contribution in [2.45, 2.75) is 124 Å². The Morgan fingerprint density at radius 1 is 0.947 bits per heavy atom. The number of thiophene rings is 1. The highest BCUT2D eigenvalue weighted by atomic mass is 32.1. The maximum Gasteiger partial charge on any atom is 0.261 e. The van der Waals surface area contributed by atoms with Crippen LogP contribution < -0.4 is 5.32 Å². The average Bonchev–Trinajstić information content (AvgIpc) is 3.38. The van der Waals surface area contributed by atoms with Crippen molar-refractivity contribution in [2.24, 2.45) is 44.8 Å². The van der Waals surface area contributed by atoms with Crippen LogP contribution in [-0.2, 0) is 0 Å². The van der Waals surface area contributed by atoms with Crippen LogP contribution in [0.2, 0.25) is 0 Å².